The van der Waals surface area contributed by atoms with Gasteiger partial charge in [0.15, 0.2) is 11.6 Å². The standard InChI is InChI=1S/C20H13NO5/c22-19(14-7-3-1-4-8-14)17(20(23)15-9-5-2-6-10-15)13-16-11-12-18(26-16)21(24)25/h1-13H. The average molecular weight is 347 g/mol. The molecule has 1 heterocycles. The van der Waals surface area contributed by atoms with Crippen molar-refractivity contribution in [3.63, 3.8) is 0 Å². The molecule has 0 saturated heterocycles. The maximum Gasteiger partial charge on any atom is 0.433 e. The van der Waals surface area contributed by atoms with Gasteiger partial charge in [0, 0.05) is 11.1 Å². The van der Waals surface area contributed by atoms with Crippen LogP contribution in [0.5, 0.6) is 0 Å². The van der Waals surface area contributed by atoms with Gasteiger partial charge in [-0.1, -0.05) is 60.7 Å². The molecule has 128 valence electrons. The lowest BCUT2D eigenvalue weighted by atomic mass is 9.95. The van der Waals surface area contributed by atoms with Gasteiger partial charge in [-0.15, -0.1) is 0 Å². The SMILES string of the molecule is O=C(C(=Cc1ccc([N+](=O)[O-])o1)C(=O)c1ccccc1)c1ccccc1. The number of nitrogens with zero attached hydrogens (tertiary/aromatic N) is 1. The summed E-state index contributed by atoms with van der Waals surface area (Å²) < 4.78 is 5.07. The maximum atomic E-state index is 12.8. The molecular weight excluding hydrogens is 334 g/mol. The fraction of sp³-hybridized carbons (Fsp3) is 0. The van der Waals surface area contributed by atoms with Gasteiger partial charge in [-0.25, -0.2) is 0 Å². The zero-order chi connectivity index (χ0) is 18.5. The van der Waals surface area contributed by atoms with Crippen LogP contribution in [-0.2, 0) is 0 Å². The summed E-state index contributed by atoms with van der Waals surface area (Å²) in [5.41, 5.74) is 0.542. The van der Waals surface area contributed by atoms with Crippen LogP contribution in [0.4, 0.5) is 5.88 Å². The summed E-state index contributed by atoms with van der Waals surface area (Å²) in [4.78, 5) is 35.8. The second kappa shape index (κ2) is 7.40. The summed E-state index contributed by atoms with van der Waals surface area (Å²) in [5.74, 6) is -1.38. The summed E-state index contributed by atoms with van der Waals surface area (Å²) in [7, 11) is 0. The highest BCUT2D eigenvalue weighted by Crippen LogP contribution is 2.22. The van der Waals surface area contributed by atoms with Crippen LogP contribution in [0.15, 0.2) is 82.8 Å². The maximum absolute atomic E-state index is 12.8. The lowest BCUT2D eigenvalue weighted by Crippen LogP contribution is -2.13. The van der Waals surface area contributed by atoms with Crippen molar-refractivity contribution in [2.45, 2.75) is 0 Å². The van der Waals surface area contributed by atoms with Gasteiger partial charge in [-0.05, 0) is 12.1 Å². The quantitative estimate of drug-likeness (QED) is 0.165. The molecule has 0 bridgehead atoms. The molecule has 0 aliphatic rings. The highest BCUT2D eigenvalue weighted by Gasteiger charge is 2.22. The van der Waals surface area contributed by atoms with Gasteiger partial charge in [0.2, 0.25) is 0 Å². The Morgan fingerprint density at radius 2 is 1.31 bits per heavy atom. The number of nitro groups is 1. The van der Waals surface area contributed by atoms with Crippen molar-refractivity contribution in [2.24, 2.45) is 0 Å². The van der Waals surface area contributed by atoms with E-state index in [1.54, 1.807) is 60.7 Å². The Kier molecular flexibility index (Phi) is 4.85. The second-order valence-electron chi connectivity index (χ2n) is 5.38. The van der Waals surface area contributed by atoms with E-state index in [4.69, 9.17) is 4.42 Å². The molecule has 0 spiro atoms. The number of rotatable bonds is 6. The third-order valence-corrected chi connectivity index (χ3v) is 3.64. The number of furan rings is 1. The first kappa shape index (κ1) is 17.0. The van der Waals surface area contributed by atoms with Crippen molar-refractivity contribution >= 4 is 23.5 Å². The molecule has 0 radical (unpaired) electrons. The van der Waals surface area contributed by atoms with Crippen LogP contribution in [0.25, 0.3) is 6.08 Å². The van der Waals surface area contributed by atoms with E-state index in [-0.39, 0.29) is 11.3 Å². The Morgan fingerprint density at radius 3 is 1.73 bits per heavy atom. The van der Waals surface area contributed by atoms with E-state index in [0.29, 0.717) is 11.1 Å². The smallest absolute Gasteiger partial charge is 0.401 e. The van der Waals surface area contributed by atoms with Crippen molar-refractivity contribution < 1.29 is 18.9 Å². The van der Waals surface area contributed by atoms with Crippen LogP contribution in [0.2, 0.25) is 0 Å². The lowest BCUT2D eigenvalue weighted by Gasteiger charge is -2.06. The van der Waals surface area contributed by atoms with Crippen LogP contribution in [-0.4, -0.2) is 16.5 Å². The molecule has 6 heteroatoms. The molecular formula is C20H13NO5. The third-order valence-electron chi connectivity index (χ3n) is 3.64. The van der Waals surface area contributed by atoms with Crippen LogP contribution in [0, 0.1) is 10.1 Å². The molecule has 0 unspecified atom stereocenters. The van der Waals surface area contributed by atoms with Crippen LogP contribution in [0.3, 0.4) is 0 Å². The molecule has 0 saturated carbocycles. The van der Waals surface area contributed by atoms with Gasteiger partial charge in [0.05, 0.1) is 11.6 Å². The van der Waals surface area contributed by atoms with Crippen molar-refractivity contribution in [3.05, 3.63) is 105 Å². The van der Waals surface area contributed by atoms with Crippen molar-refractivity contribution in [1.29, 1.82) is 0 Å². The van der Waals surface area contributed by atoms with Gasteiger partial charge in [0.1, 0.15) is 10.7 Å². The molecule has 3 aromatic rings. The Bertz CT molecular complexity index is 934. The Hall–Kier alpha value is -3.80. The minimum atomic E-state index is -0.685. The number of benzene rings is 2. The average Bonchev–Trinajstić information content (AvgIpc) is 3.15. The molecule has 0 atom stereocenters. The highest BCUT2D eigenvalue weighted by molar-refractivity contribution is 6.33. The van der Waals surface area contributed by atoms with Gasteiger partial charge < -0.3 is 4.42 Å². The van der Waals surface area contributed by atoms with E-state index in [0.717, 1.165) is 0 Å². The first-order chi connectivity index (χ1) is 12.6. The van der Waals surface area contributed by atoms with Gasteiger partial charge >= 0.3 is 5.88 Å². The molecule has 2 aromatic carbocycles. The summed E-state index contributed by atoms with van der Waals surface area (Å²) in [6.45, 7) is 0. The zero-order valence-electron chi connectivity index (χ0n) is 13.5. The van der Waals surface area contributed by atoms with E-state index >= 15 is 0 Å². The number of allylic oxidation sites excluding steroid dienone is 1. The fourth-order valence-corrected chi connectivity index (χ4v) is 2.38. The first-order valence-corrected chi connectivity index (χ1v) is 7.71. The number of Topliss-reactive ketones (excluding diaryl/α,β-unsaturated/α-hetero) is 2. The predicted molar refractivity (Wildman–Crippen MR) is 94.9 cm³/mol. The number of hydrogen-bond donors (Lipinski definition) is 0. The van der Waals surface area contributed by atoms with E-state index in [1.807, 2.05) is 0 Å². The molecule has 0 fully saturated rings. The second-order valence-corrected chi connectivity index (χ2v) is 5.38. The van der Waals surface area contributed by atoms with Crippen LogP contribution in [0.1, 0.15) is 26.5 Å². The topological polar surface area (TPSA) is 90.4 Å². The molecule has 0 N–H and O–H groups in total. The van der Waals surface area contributed by atoms with E-state index in [9.17, 15) is 19.7 Å². The Balaban J connectivity index is 2.06. The van der Waals surface area contributed by atoms with Gasteiger partial charge in [-0.2, -0.15) is 0 Å². The van der Waals surface area contributed by atoms with E-state index in [1.165, 1.54) is 18.2 Å². The molecule has 0 aliphatic heterocycles. The van der Waals surface area contributed by atoms with Crippen molar-refractivity contribution in [2.75, 3.05) is 0 Å². The molecule has 26 heavy (non-hydrogen) atoms. The third kappa shape index (κ3) is 3.64. The molecule has 0 amide bonds. The monoisotopic (exact) mass is 347 g/mol. The highest BCUT2D eigenvalue weighted by atomic mass is 16.6. The fourth-order valence-electron chi connectivity index (χ4n) is 2.38. The first-order valence-electron chi connectivity index (χ1n) is 7.71. The molecule has 3 rings (SSSR count). The van der Waals surface area contributed by atoms with Crippen LogP contribution >= 0.6 is 0 Å². The number of carbonyl (C=O) groups excluding carboxylic acids is 2. The molecule has 1 aromatic heterocycles. The number of carbonyl (C=O) groups is 2. The van der Waals surface area contributed by atoms with Gasteiger partial charge in [-0.3, -0.25) is 19.7 Å². The van der Waals surface area contributed by atoms with E-state index < -0.39 is 22.4 Å². The predicted octanol–water partition coefficient (Wildman–Crippen LogP) is 4.34. The largest absolute Gasteiger partial charge is 0.433 e. The summed E-state index contributed by atoms with van der Waals surface area (Å²) in [5, 5.41) is 10.8. The lowest BCUT2D eigenvalue weighted by molar-refractivity contribution is -0.402. The van der Waals surface area contributed by atoms with Crippen molar-refractivity contribution in [3.8, 4) is 0 Å². The number of ketones is 2. The summed E-state index contributed by atoms with van der Waals surface area (Å²) in [6.07, 6.45) is 1.23. The molecule has 6 nitrogen and oxygen atoms in total. The normalized spacial score (nSPS) is 10.2. The van der Waals surface area contributed by atoms with Crippen molar-refractivity contribution in [1.82, 2.24) is 0 Å². The summed E-state index contributed by atoms with van der Waals surface area (Å²) >= 11 is 0. The number of hydrogen-bond acceptors (Lipinski definition) is 5. The molecule has 0 aliphatic carbocycles. The Labute approximate surface area is 148 Å². The summed E-state index contributed by atoms with van der Waals surface area (Å²) in [6, 6.07) is 19.2. The van der Waals surface area contributed by atoms with E-state index in [2.05, 4.69) is 0 Å². The Morgan fingerprint density at radius 1 is 0.808 bits per heavy atom. The van der Waals surface area contributed by atoms with Gasteiger partial charge in [0.25, 0.3) is 0 Å². The van der Waals surface area contributed by atoms with Crippen LogP contribution < -0.4 is 0 Å². The minimum absolute atomic E-state index is 0.0558. The minimum Gasteiger partial charge on any atom is -0.401 e. The zero-order valence-corrected chi connectivity index (χ0v) is 13.5.